The minimum absolute atomic E-state index is 0.211. The maximum atomic E-state index is 13.1. The van der Waals surface area contributed by atoms with Gasteiger partial charge in [-0.15, -0.1) is 0 Å². The van der Waals surface area contributed by atoms with E-state index in [1.165, 1.54) is 6.07 Å². The molecule has 0 aliphatic carbocycles. The normalized spacial score (nSPS) is 21.8. The molecule has 2 rings (SSSR count). The molecule has 0 amide bonds. The number of nitrogens with zero attached hydrogens (tertiary/aromatic N) is 2. The summed E-state index contributed by atoms with van der Waals surface area (Å²) in [5.41, 5.74) is 1.10. The molecule has 1 aliphatic rings. The Morgan fingerprint density at radius 1 is 1.37 bits per heavy atom. The van der Waals surface area contributed by atoms with Crippen molar-refractivity contribution < 1.29 is 4.39 Å². The number of benzene rings is 1. The van der Waals surface area contributed by atoms with Gasteiger partial charge in [0, 0.05) is 38.8 Å². The number of halogens is 2. The maximum absolute atomic E-state index is 13.1. The second-order valence-electron chi connectivity index (χ2n) is 5.28. The van der Waals surface area contributed by atoms with Gasteiger partial charge in [-0.2, -0.15) is 0 Å². The zero-order chi connectivity index (χ0) is 13.8. The highest BCUT2D eigenvalue weighted by Gasteiger charge is 2.21. The first-order valence-corrected chi connectivity index (χ1v) is 7.39. The van der Waals surface area contributed by atoms with Crippen molar-refractivity contribution in [3.8, 4) is 0 Å². The van der Waals surface area contributed by atoms with Crippen molar-refractivity contribution in [2.45, 2.75) is 12.6 Å². The van der Waals surface area contributed by atoms with Crippen molar-refractivity contribution in [2.24, 2.45) is 0 Å². The van der Waals surface area contributed by atoms with E-state index in [1.54, 1.807) is 0 Å². The van der Waals surface area contributed by atoms with Gasteiger partial charge >= 0.3 is 0 Å². The van der Waals surface area contributed by atoms with Gasteiger partial charge in [-0.25, -0.2) is 4.39 Å². The maximum Gasteiger partial charge on any atom is 0.137 e. The Morgan fingerprint density at radius 2 is 2.16 bits per heavy atom. The summed E-state index contributed by atoms with van der Waals surface area (Å²) in [7, 11) is 4.34. The van der Waals surface area contributed by atoms with E-state index in [2.05, 4.69) is 45.1 Å². The molecule has 0 radical (unpaired) electrons. The van der Waals surface area contributed by atoms with Gasteiger partial charge in [0.15, 0.2) is 0 Å². The van der Waals surface area contributed by atoms with Crippen LogP contribution in [0.5, 0.6) is 0 Å². The Kier molecular flexibility index (Phi) is 5.33. The van der Waals surface area contributed by atoms with E-state index in [0.29, 0.717) is 10.5 Å². The predicted molar refractivity (Wildman–Crippen MR) is 79.7 cm³/mol. The van der Waals surface area contributed by atoms with Crippen LogP contribution in [0.3, 0.4) is 0 Å². The van der Waals surface area contributed by atoms with Crippen molar-refractivity contribution in [3.63, 3.8) is 0 Å². The summed E-state index contributed by atoms with van der Waals surface area (Å²) >= 11 is 3.21. The van der Waals surface area contributed by atoms with Crippen LogP contribution < -0.4 is 5.32 Å². The Hall–Kier alpha value is -0.490. The van der Waals surface area contributed by atoms with Crippen LogP contribution in [0.25, 0.3) is 0 Å². The van der Waals surface area contributed by atoms with Crippen LogP contribution in [-0.2, 0) is 6.54 Å². The molecule has 19 heavy (non-hydrogen) atoms. The van der Waals surface area contributed by atoms with Crippen LogP contribution >= 0.6 is 15.9 Å². The van der Waals surface area contributed by atoms with Gasteiger partial charge in [0.05, 0.1) is 4.47 Å². The summed E-state index contributed by atoms with van der Waals surface area (Å²) in [6.45, 7) is 5.07. The fraction of sp³-hybridized carbons (Fsp3) is 0.571. The molecule has 1 aromatic rings. The number of rotatable bonds is 4. The third kappa shape index (κ3) is 4.24. The Balaban J connectivity index is 1.80. The number of hydrogen-bond donors (Lipinski definition) is 1. The summed E-state index contributed by atoms with van der Waals surface area (Å²) in [6, 6.07) is 5.70. The molecular formula is C14H21BrFN3. The summed E-state index contributed by atoms with van der Waals surface area (Å²) in [4.78, 5) is 4.76. The number of likely N-dealkylation sites (N-methyl/N-ethyl adjacent to an activating group) is 2. The van der Waals surface area contributed by atoms with E-state index in [-0.39, 0.29) is 5.82 Å². The SMILES string of the molecule is CN1CCN(C)C(CNCc2ccc(F)c(Br)c2)C1. The van der Waals surface area contributed by atoms with Crippen LogP contribution in [0.4, 0.5) is 4.39 Å². The molecule has 5 heteroatoms. The predicted octanol–water partition coefficient (Wildman–Crippen LogP) is 1.92. The average Bonchev–Trinajstić information content (AvgIpc) is 2.38. The molecule has 1 aromatic carbocycles. The highest BCUT2D eigenvalue weighted by atomic mass is 79.9. The quantitative estimate of drug-likeness (QED) is 0.910. The molecule has 3 nitrogen and oxygen atoms in total. The van der Waals surface area contributed by atoms with Crippen molar-refractivity contribution >= 4 is 15.9 Å². The first kappa shape index (κ1) is 14.9. The first-order chi connectivity index (χ1) is 9.06. The van der Waals surface area contributed by atoms with Gasteiger partial charge < -0.3 is 10.2 Å². The molecule has 1 aliphatic heterocycles. The molecular weight excluding hydrogens is 309 g/mol. The van der Waals surface area contributed by atoms with Gasteiger partial charge in [0.2, 0.25) is 0 Å². The standard InChI is InChI=1S/C14H21BrFN3/c1-18-5-6-19(2)12(10-18)9-17-8-11-3-4-14(16)13(15)7-11/h3-4,7,12,17H,5-6,8-10H2,1-2H3. The zero-order valence-corrected chi connectivity index (χ0v) is 13.1. The van der Waals surface area contributed by atoms with Crippen LogP contribution in [0.1, 0.15) is 5.56 Å². The largest absolute Gasteiger partial charge is 0.311 e. The van der Waals surface area contributed by atoms with Crippen molar-refractivity contribution in [1.29, 1.82) is 0 Å². The van der Waals surface area contributed by atoms with Crippen LogP contribution in [0, 0.1) is 5.82 Å². The van der Waals surface area contributed by atoms with Crippen LogP contribution in [0.15, 0.2) is 22.7 Å². The third-order valence-corrected chi connectivity index (χ3v) is 4.28. The number of hydrogen-bond acceptors (Lipinski definition) is 3. The monoisotopic (exact) mass is 329 g/mol. The minimum Gasteiger partial charge on any atom is -0.311 e. The first-order valence-electron chi connectivity index (χ1n) is 6.59. The van der Waals surface area contributed by atoms with Crippen molar-refractivity contribution in [3.05, 3.63) is 34.1 Å². The van der Waals surface area contributed by atoms with Crippen LogP contribution in [-0.4, -0.2) is 56.1 Å². The minimum atomic E-state index is -0.211. The molecule has 0 saturated carbocycles. The smallest absolute Gasteiger partial charge is 0.137 e. The van der Waals surface area contributed by atoms with Gasteiger partial charge in [0.25, 0.3) is 0 Å². The lowest BCUT2D eigenvalue weighted by atomic mass is 10.1. The van der Waals surface area contributed by atoms with Gasteiger partial charge in [-0.1, -0.05) is 6.07 Å². The van der Waals surface area contributed by atoms with E-state index >= 15 is 0 Å². The lowest BCUT2D eigenvalue weighted by Crippen LogP contribution is -2.53. The Labute approximate surface area is 122 Å². The van der Waals surface area contributed by atoms with E-state index < -0.39 is 0 Å². The molecule has 0 spiro atoms. The molecule has 1 atom stereocenters. The molecule has 1 saturated heterocycles. The van der Waals surface area contributed by atoms with Crippen LogP contribution in [0.2, 0.25) is 0 Å². The Morgan fingerprint density at radius 3 is 2.89 bits per heavy atom. The lowest BCUT2D eigenvalue weighted by molar-refractivity contribution is 0.113. The molecule has 0 bridgehead atoms. The Bertz CT molecular complexity index is 427. The third-order valence-electron chi connectivity index (χ3n) is 3.67. The number of piperazine rings is 1. The fourth-order valence-corrected chi connectivity index (χ4v) is 2.78. The summed E-state index contributed by atoms with van der Waals surface area (Å²) in [6.07, 6.45) is 0. The summed E-state index contributed by atoms with van der Waals surface area (Å²) in [5, 5.41) is 3.46. The van der Waals surface area contributed by atoms with Crippen molar-refractivity contribution in [1.82, 2.24) is 15.1 Å². The van der Waals surface area contributed by atoms with E-state index in [4.69, 9.17) is 0 Å². The fourth-order valence-electron chi connectivity index (χ4n) is 2.35. The molecule has 1 heterocycles. The topological polar surface area (TPSA) is 18.5 Å². The van der Waals surface area contributed by atoms with Gasteiger partial charge in [-0.05, 0) is 47.7 Å². The molecule has 1 N–H and O–H groups in total. The van der Waals surface area contributed by atoms with Crippen molar-refractivity contribution in [2.75, 3.05) is 40.3 Å². The summed E-state index contributed by atoms with van der Waals surface area (Å²) in [5.74, 6) is -0.211. The molecule has 0 aromatic heterocycles. The summed E-state index contributed by atoms with van der Waals surface area (Å²) < 4.78 is 13.7. The molecule has 1 unspecified atom stereocenters. The van der Waals surface area contributed by atoms with E-state index in [1.807, 2.05) is 12.1 Å². The lowest BCUT2D eigenvalue weighted by Gasteiger charge is -2.37. The zero-order valence-electron chi connectivity index (χ0n) is 11.5. The highest BCUT2D eigenvalue weighted by Crippen LogP contribution is 2.16. The van der Waals surface area contributed by atoms with E-state index in [9.17, 15) is 4.39 Å². The number of nitrogens with one attached hydrogen (secondary N) is 1. The van der Waals surface area contributed by atoms with E-state index in [0.717, 1.165) is 38.3 Å². The van der Waals surface area contributed by atoms with Gasteiger partial charge in [0.1, 0.15) is 5.82 Å². The second-order valence-corrected chi connectivity index (χ2v) is 6.13. The highest BCUT2D eigenvalue weighted by molar-refractivity contribution is 9.10. The van der Waals surface area contributed by atoms with Gasteiger partial charge in [-0.3, -0.25) is 4.90 Å². The average molecular weight is 330 g/mol. The molecule has 106 valence electrons. The molecule has 1 fully saturated rings. The second kappa shape index (κ2) is 6.79.